The lowest BCUT2D eigenvalue weighted by Crippen LogP contribution is -2.21. The second-order valence-corrected chi connectivity index (χ2v) is 7.85. The monoisotopic (exact) mass is 343 g/mol. The molecule has 0 amide bonds. The van der Waals surface area contributed by atoms with E-state index in [1.54, 1.807) is 0 Å². The molecule has 1 rings (SSSR count). The number of aromatic hydroxyl groups is 1. The largest absolute Gasteiger partial charge is 0.507 e. The van der Waals surface area contributed by atoms with E-state index in [0.29, 0.717) is 5.75 Å². The Labute approximate surface area is 145 Å². The third kappa shape index (κ3) is 5.40. The highest BCUT2D eigenvalue weighted by Crippen LogP contribution is 2.40. The highest BCUT2D eigenvalue weighted by Gasteiger charge is 2.27. The van der Waals surface area contributed by atoms with Gasteiger partial charge < -0.3 is 15.6 Å². The van der Waals surface area contributed by atoms with E-state index in [2.05, 4.69) is 0 Å². The van der Waals surface area contributed by atoms with Crippen molar-refractivity contribution in [1.29, 1.82) is 0 Å². The smallest absolute Gasteiger partial charge is 0.307 e. The van der Waals surface area contributed by atoms with Crippen molar-refractivity contribution in [2.75, 3.05) is 7.11 Å². The number of methoxy groups -OCH3 is 1. The van der Waals surface area contributed by atoms with Crippen molar-refractivity contribution >= 4 is 18.4 Å². The van der Waals surface area contributed by atoms with Crippen molar-refractivity contribution in [1.82, 2.24) is 0 Å². The summed E-state index contributed by atoms with van der Waals surface area (Å²) in [5.41, 5.74) is 8.26. The van der Waals surface area contributed by atoms with Crippen molar-refractivity contribution in [2.24, 2.45) is 5.73 Å². The topological polar surface area (TPSA) is 72.5 Å². The average Bonchev–Trinajstić information content (AvgIpc) is 2.35. The molecule has 132 valence electrons. The Balaban J connectivity index is 0.00000484. The Bertz CT molecular complexity index is 521. The summed E-state index contributed by atoms with van der Waals surface area (Å²) in [6, 6.07) is 3.35. The van der Waals surface area contributed by atoms with Gasteiger partial charge in [0.2, 0.25) is 0 Å². The van der Waals surface area contributed by atoms with Gasteiger partial charge in [-0.2, -0.15) is 0 Å². The molecule has 0 heterocycles. The number of esters is 1. The first-order valence-corrected chi connectivity index (χ1v) is 7.58. The van der Waals surface area contributed by atoms with Crippen molar-refractivity contribution in [3.8, 4) is 5.75 Å². The van der Waals surface area contributed by atoms with Crippen LogP contribution in [0, 0.1) is 0 Å². The van der Waals surface area contributed by atoms with Crippen LogP contribution >= 0.6 is 12.4 Å². The van der Waals surface area contributed by atoms with Crippen LogP contribution in [-0.4, -0.2) is 18.2 Å². The number of benzene rings is 1. The summed E-state index contributed by atoms with van der Waals surface area (Å²) in [5, 5.41) is 10.7. The Morgan fingerprint density at radius 2 is 1.52 bits per heavy atom. The first-order valence-electron chi connectivity index (χ1n) is 7.58. The number of hydrogen-bond acceptors (Lipinski definition) is 4. The van der Waals surface area contributed by atoms with E-state index in [1.807, 2.05) is 53.7 Å². The molecule has 0 aromatic heterocycles. The van der Waals surface area contributed by atoms with Crippen LogP contribution in [0.4, 0.5) is 0 Å². The van der Waals surface area contributed by atoms with Gasteiger partial charge in [0.05, 0.1) is 13.5 Å². The summed E-state index contributed by atoms with van der Waals surface area (Å²) in [4.78, 5) is 11.5. The predicted molar refractivity (Wildman–Crippen MR) is 96.3 cm³/mol. The molecule has 0 spiro atoms. The maximum atomic E-state index is 11.5. The van der Waals surface area contributed by atoms with Gasteiger partial charge in [0.25, 0.3) is 0 Å². The van der Waals surface area contributed by atoms with Gasteiger partial charge in [-0.15, -0.1) is 12.4 Å². The third-order valence-corrected chi connectivity index (χ3v) is 3.79. The molecule has 0 aliphatic carbocycles. The minimum Gasteiger partial charge on any atom is -0.507 e. The molecule has 0 saturated heterocycles. The Morgan fingerprint density at radius 1 is 1.13 bits per heavy atom. The highest BCUT2D eigenvalue weighted by molar-refractivity contribution is 5.85. The Hall–Kier alpha value is -1.26. The summed E-state index contributed by atoms with van der Waals surface area (Å²) >= 11 is 0. The molecule has 1 aromatic carbocycles. The number of nitrogens with two attached hydrogens (primary N) is 1. The van der Waals surface area contributed by atoms with Crippen LogP contribution in [0.15, 0.2) is 12.1 Å². The van der Waals surface area contributed by atoms with Gasteiger partial charge in [0.15, 0.2) is 0 Å². The van der Waals surface area contributed by atoms with E-state index in [-0.39, 0.29) is 35.6 Å². The fourth-order valence-electron chi connectivity index (χ4n) is 2.40. The van der Waals surface area contributed by atoms with E-state index in [0.717, 1.165) is 16.7 Å². The number of phenols is 1. The summed E-state index contributed by atoms with van der Waals surface area (Å²) in [5.74, 6) is -0.0239. The van der Waals surface area contributed by atoms with Gasteiger partial charge in [-0.1, -0.05) is 41.5 Å². The number of ether oxygens (including phenoxy) is 1. The van der Waals surface area contributed by atoms with Gasteiger partial charge in [-0.25, -0.2) is 0 Å². The average molecular weight is 344 g/mol. The maximum Gasteiger partial charge on any atom is 0.307 e. The molecule has 0 saturated carbocycles. The lowest BCUT2D eigenvalue weighted by molar-refractivity contribution is -0.141. The molecule has 23 heavy (non-hydrogen) atoms. The van der Waals surface area contributed by atoms with Gasteiger partial charge in [-0.3, -0.25) is 4.79 Å². The number of carbonyl (C=O) groups is 1. The van der Waals surface area contributed by atoms with Gasteiger partial charge in [0.1, 0.15) is 5.75 Å². The quantitative estimate of drug-likeness (QED) is 0.814. The summed E-state index contributed by atoms with van der Waals surface area (Å²) in [6.07, 6.45) is 0.119. The summed E-state index contributed by atoms with van der Waals surface area (Å²) < 4.78 is 4.69. The number of phenolic OH excluding ortho intramolecular Hbond substituents is 1. The van der Waals surface area contributed by atoms with Crippen molar-refractivity contribution in [3.05, 3.63) is 28.8 Å². The highest BCUT2D eigenvalue weighted by atomic mass is 35.5. The van der Waals surface area contributed by atoms with Crippen LogP contribution in [0.5, 0.6) is 5.75 Å². The lowest BCUT2D eigenvalue weighted by atomic mass is 9.77. The molecule has 0 aliphatic heterocycles. The van der Waals surface area contributed by atoms with Crippen LogP contribution in [-0.2, 0) is 20.4 Å². The van der Waals surface area contributed by atoms with Gasteiger partial charge in [-0.05, 0) is 39.7 Å². The number of carbonyl (C=O) groups excluding carboxylic acids is 1. The fraction of sp³-hybridized carbons (Fsp3) is 0.611. The predicted octanol–water partition coefficient (Wildman–Crippen LogP) is 3.97. The first kappa shape index (κ1) is 21.7. The SMILES string of the molecule is COC(=O)C[C@@H](N)c1cc(C(C)(C)C)c(O)c(C(C)(C)C)c1.Cl. The van der Waals surface area contributed by atoms with Crippen molar-refractivity contribution in [2.45, 2.75) is 64.8 Å². The standard InChI is InChI=1S/C18H29NO3.ClH/c1-17(2,3)12-8-11(14(19)10-15(20)22-7)9-13(16(12)21)18(4,5)6;/h8-9,14,21H,10,19H2,1-7H3;1H/t14-;/m1./s1. The molecule has 0 aliphatic rings. The zero-order valence-electron chi connectivity index (χ0n) is 15.2. The third-order valence-electron chi connectivity index (χ3n) is 3.79. The molecule has 1 aromatic rings. The molecule has 5 heteroatoms. The number of halogens is 1. The molecular weight excluding hydrogens is 314 g/mol. The minimum absolute atomic E-state index is 0. The van der Waals surface area contributed by atoms with Gasteiger partial charge >= 0.3 is 5.97 Å². The second kappa shape index (κ2) is 7.54. The normalized spacial score (nSPS) is 13.2. The Kier molecular flexibility index (Phi) is 7.13. The van der Waals surface area contributed by atoms with Crippen molar-refractivity contribution in [3.63, 3.8) is 0 Å². The summed E-state index contributed by atoms with van der Waals surface area (Å²) in [7, 11) is 1.35. The maximum absolute atomic E-state index is 11.5. The zero-order valence-corrected chi connectivity index (χ0v) is 16.0. The molecule has 1 atom stereocenters. The van der Waals surface area contributed by atoms with E-state index in [9.17, 15) is 9.90 Å². The molecule has 0 unspecified atom stereocenters. The van der Waals surface area contributed by atoms with E-state index in [4.69, 9.17) is 10.5 Å². The van der Waals surface area contributed by atoms with Crippen LogP contribution < -0.4 is 5.73 Å². The molecule has 0 fully saturated rings. The summed E-state index contributed by atoms with van der Waals surface area (Å²) in [6.45, 7) is 12.3. The molecule has 3 N–H and O–H groups in total. The second-order valence-electron chi connectivity index (χ2n) is 7.85. The van der Waals surface area contributed by atoms with Crippen molar-refractivity contribution < 1.29 is 14.6 Å². The zero-order chi connectivity index (χ0) is 17.3. The van der Waals surface area contributed by atoms with Crippen LogP contribution in [0.2, 0.25) is 0 Å². The first-order chi connectivity index (χ1) is 9.87. The Morgan fingerprint density at radius 3 is 1.83 bits per heavy atom. The molecule has 0 radical (unpaired) electrons. The number of hydrogen-bond donors (Lipinski definition) is 2. The van der Waals surface area contributed by atoms with E-state index >= 15 is 0 Å². The minimum atomic E-state index is -0.449. The van der Waals surface area contributed by atoms with E-state index < -0.39 is 6.04 Å². The number of rotatable bonds is 3. The lowest BCUT2D eigenvalue weighted by Gasteiger charge is -2.29. The van der Waals surface area contributed by atoms with Crippen LogP contribution in [0.1, 0.15) is 70.7 Å². The van der Waals surface area contributed by atoms with E-state index in [1.165, 1.54) is 7.11 Å². The molecule has 4 nitrogen and oxygen atoms in total. The fourth-order valence-corrected chi connectivity index (χ4v) is 2.40. The van der Waals surface area contributed by atoms with Crippen LogP contribution in [0.3, 0.4) is 0 Å². The van der Waals surface area contributed by atoms with Crippen LogP contribution in [0.25, 0.3) is 0 Å². The molecular formula is C18H30ClNO3. The molecule has 0 bridgehead atoms. The van der Waals surface area contributed by atoms with Gasteiger partial charge in [0, 0.05) is 6.04 Å².